The molecule has 1 heterocycles. The number of piperazine rings is 1. The van der Waals surface area contributed by atoms with Crippen LogP contribution in [0.25, 0.3) is 0 Å². The van der Waals surface area contributed by atoms with Gasteiger partial charge >= 0.3 is 0 Å². The topological polar surface area (TPSA) is 32.8 Å². The molecule has 132 valence electrons. The Morgan fingerprint density at radius 3 is 2.48 bits per heavy atom. The van der Waals surface area contributed by atoms with Gasteiger partial charge < -0.3 is 14.5 Å². The number of carbonyl (C=O) groups is 1. The van der Waals surface area contributed by atoms with E-state index in [2.05, 4.69) is 0 Å². The maximum absolute atomic E-state index is 13.9. The summed E-state index contributed by atoms with van der Waals surface area (Å²) in [7, 11) is 1.64. The molecule has 0 saturated carbocycles. The van der Waals surface area contributed by atoms with Crippen molar-refractivity contribution in [1.29, 1.82) is 0 Å². The first-order valence-corrected chi connectivity index (χ1v) is 8.49. The Kier molecular flexibility index (Phi) is 5.22. The van der Waals surface area contributed by atoms with E-state index in [0.717, 1.165) is 16.9 Å². The molecule has 0 N–H and O–H groups in total. The van der Waals surface area contributed by atoms with E-state index in [1.165, 1.54) is 6.07 Å². The second-order valence-electron chi connectivity index (χ2n) is 6.30. The molecule has 3 rings (SSSR count). The molecule has 0 aromatic heterocycles. The lowest BCUT2D eigenvalue weighted by atomic mass is 10.1. The second-order valence-corrected chi connectivity index (χ2v) is 6.30. The van der Waals surface area contributed by atoms with Crippen LogP contribution in [0.1, 0.15) is 11.1 Å². The molecular weight excluding hydrogens is 319 g/mol. The maximum atomic E-state index is 13.9. The monoisotopic (exact) mass is 342 g/mol. The van der Waals surface area contributed by atoms with E-state index in [1.54, 1.807) is 19.2 Å². The molecule has 0 bridgehead atoms. The highest BCUT2D eigenvalue weighted by atomic mass is 19.1. The van der Waals surface area contributed by atoms with E-state index < -0.39 is 0 Å². The van der Waals surface area contributed by atoms with Crippen LogP contribution in [0, 0.1) is 12.7 Å². The number of carbonyl (C=O) groups excluding carboxylic acids is 1. The number of aryl methyl sites for hydroxylation is 1. The van der Waals surface area contributed by atoms with Crippen LogP contribution < -0.4 is 9.64 Å². The normalized spacial score (nSPS) is 14.5. The molecule has 0 radical (unpaired) electrons. The van der Waals surface area contributed by atoms with Crippen molar-refractivity contribution >= 4 is 11.6 Å². The molecule has 0 aliphatic carbocycles. The summed E-state index contributed by atoms with van der Waals surface area (Å²) >= 11 is 0. The molecule has 0 spiro atoms. The lowest BCUT2D eigenvalue weighted by Crippen LogP contribution is -2.49. The first-order chi connectivity index (χ1) is 12.1. The zero-order valence-electron chi connectivity index (χ0n) is 14.7. The minimum Gasteiger partial charge on any atom is -0.496 e. The summed E-state index contributed by atoms with van der Waals surface area (Å²) in [6.07, 6.45) is 0.379. The summed E-state index contributed by atoms with van der Waals surface area (Å²) in [4.78, 5) is 16.4. The Hall–Kier alpha value is -2.56. The molecule has 0 atom stereocenters. The Bertz CT molecular complexity index is 755. The minimum absolute atomic E-state index is 0.109. The van der Waals surface area contributed by atoms with Crippen LogP contribution in [-0.2, 0) is 11.2 Å². The largest absolute Gasteiger partial charge is 0.496 e. The van der Waals surface area contributed by atoms with Crippen molar-refractivity contribution in [1.82, 2.24) is 4.90 Å². The van der Waals surface area contributed by atoms with Crippen LogP contribution in [0.15, 0.2) is 42.5 Å². The molecule has 2 aromatic carbocycles. The van der Waals surface area contributed by atoms with E-state index in [0.29, 0.717) is 38.3 Å². The number of para-hydroxylation sites is 1. The van der Waals surface area contributed by atoms with E-state index in [4.69, 9.17) is 4.74 Å². The Balaban J connectivity index is 1.58. The SMILES string of the molecule is COc1ccc(CC(=O)N2CCN(c3ccccc3F)CC2)cc1C. The Morgan fingerprint density at radius 1 is 1.12 bits per heavy atom. The molecule has 1 fully saturated rings. The predicted octanol–water partition coefficient (Wildman–Crippen LogP) is 3.03. The van der Waals surface area contributed by atoms with Gasteiger partial charge in [0.25, 0.3) is 0 Å². The van der Waals surface area contributed by atoms with Gasteiger partial charge in [-0.15, -0.1) is 0 Å². The van der Waals surface area contributed by atoms with Gasteiger partial charge in [0, 0.05) is 26.2 Å². The third kappa shape index (κ3) is 3.92. The highest BCUT2D eigenvalue weighted by Crippen LogP contribution is 2.21. The maximum Gasteiger partial charge on any atom is 0.227 e. The number of hydrogen-bond donors (Lipinski definition) is 0. The third-order valence-corrected chi connectivity index (χ3v) is 4.64. The van der Waals surface area contributed by atoms with Crippen LogP contribution in [0.2, 0.25) is 0 Å². The highest BCUT2D eigenvalue weighted by molar-refractivity contribution is 5.79. The number of hydrogen-bond acceptors (Lipinski definition) is 3. The fraction of sp³-hybridized carbons (Fsp3) is 0.350. The molecule has 2 aromatic rings. The average Bonchev–Trinajstić information content (AvgIpc) is 2.62. The number of halogens is 1. The number of methoxy groups -OCH3 is 1. The zero-order chi connectivity index (χ0) is 17.8. The molecule has 1 amide bonds. The molecule has 1 aliphatic rings. The van der Waals surface area contributed by atoms with Crippen molar-refractivity contribution in [3.8, 4) is 5.75 Å². The van der Waals surface area contributed by atoms with Gasteiger partial charge in [0.05, 0.1) is 19.2 Å². The Morgan fingerprint density at radius 2 is 1.84 bits per heavy atom. The molecule has 25 heavy (non-hydrogen) atoms. The van der Waals surface area contributed by atoms with E-state index in [9.17, 15) is 9.18 Å². The van der Waals surface area contributed by atoms with Crippen molar-refractivity contribution in [2.24, 2.45) is 0 Å². The summed E-state index contributed by atoms with van der Waals surface area (Å²) < 4.78 is 19.1. The average molecular weight is 342 g/mol. The van der Waals surface area contributed by atoms with E-state index in [1.807, 2.05) is 41.0 Å². The number of amides is 1. The van der Waals surface area contributed by atoms with Crippen molar-refractivity contribution in [3.05, 3.63) is 59.4 Å². The van der Waals surface area contributed by atoms with Gasteiger partial charge in [-0.2, -0.15) is 0 Å². The van der Waals surface area contributed by atoms with Crippen LogP contribution in [0.5, 0.6) is 5.75 Å². The van der Waals surface area contributed by atoms with Crippen LogP contribution in [0.4, 0.5) is 10.1 Å². The van der Waals surface area contributed by atoms with E-state index >= 15 is 0 Å². The minimum atomic E-state index is -0.212. The predicted molar refractivity (Wildman–Crippen MR) is 96.6 cm³/mol. The van der Waals surface area contributed by atoms with Gasteiger partial charge in [0.1, 0.15) is 11.6 Å². The highest BCUT2D eigenvalue weighted by Gasteiger charge is 2.22. The smallest absolute Gasteiger partial charge is 0.227 e. The molecule has 4 nitrogen and oxygen atoms in total. The standard InChI is InChI=1S/C20H23FN2O2/c1-15-13-16(7-8-19(15)25-2)14-20(24)23-11-9-22(10-12-23)18-6-4-3-5-17(18)21/h3-8,13H,9-12,14H2,1-2H3. The first kappa shape index (κ1) is 17.3. The summed E-state index contributed by atoms with van der Waals surface area (Å²) in [5.74, 6) is 0.725. The van der Waals surface area contributed by atoms with Gasteiger partial charge in [-0.05, 0) is 36.2 Å². The quantitative estimate of drug-likeness (QED) is 0.856. The summed E-state index contributed by atoms with van der Waals surface area (Å²) in [5, 5.41) is 0. The van der Waals surface area contributed by atoms with Gasteiger partial charge in [0.15, 0.2) is 0 Å². The molecule has 0 unspecified atom stereocenters. The van der Waals surface area contributed by atoms with Gasteiger partial charge in [-0.1, -0.05) is 24.3 Å². The van der Waals surface area contributed by atoms with Crippen LogP contribution in [0.3, 0.4) is 0 Å². The molecule has 5 heteroatoms. The van der Waals surface area contributed by atoms with Crippen LogP contribution in [-0.4, -0.2) is 44.1 Å². The number of benzene rings is 2. The van der Waals surface area contributed by atoms with Crippen molar-refractivity contribution in [2.45, 2.75) is 13.3 Å². The van der Waals surface area contributed by atoms with Gasteiger partial charge in [0.2, 0.25) is 5.91 Å². The number of nitrogens with zero attached hydrogens (tertiary/aromatic N) is 2. The number of anilines is 1. The number of rotatable bonds is 4. The van der Waals surface area contributed by atoms with Crippen molar-refractivity contribution in [3.63, 3.8) is 0 Å². The fourth-order valence-electron chi connectivity index (χ4n) is 3.24. The zero-order valence-corrected chi connectivity index (χ0v) is 14.7. The molecule has 1 saturated heterocycles. The Labute approximate surface area is 147 Å². The summed E-state index contributed by atoms with van der Waals surface area (Å²) in [6.45, 7) is 4.49. The van der Waals surface area contributed by atoms with Gasteiger partial charge in [-0.25, -0.2) is 4.39 Å². The fourth-order valence-corrected chi connectivity index (χ4v) is 3.24. The van der Waals surface area contributed by atoms with Crippen molar-refractivity contribution in [2.75, 3.05) is 38.2 Å². The third-order valence-electron chi connectivity index (χ3n) is 4.64. The summed E-state index contributed by atoms with van der Waals surface area (Å²) in [5.41, 5.74) is 2.62. The molecular formula is C20H23FN2O2. The lowest BCUT2D eigenvalue weighted by molar-refractivity contribution is -0.130. The van der Waals surface area contributed by atoms with Crippen molar-refractivity contribution < 1.29 is 13.9 Å². The first-order valence-electron chi connectivity index (χ1n) is 8.49. The van der Waals surface area contributed by atoms with Gasteiger partial charge in [-0.3, -0.25) is 4.79 Å². The number of ether oxygens (including phenoxy) is 1. The van der Waals surface area contributed by atoms with Crippen LogP contribution >= 0.6 is 0 Å². The summed E-state index contributed by atoms with van der Waals surface area (Å²) in [6, 6.07) is 12.6. The molecule has 1 aliphatic heterocycles. The lowest BCUT2D eigenvalue weighted by Gasteiger charge is -2.36. The second kappa shape index (κ2) is 7.55. The van der Waals surface area contributed by atoms with E-state index in [-0.39, 0.29) is 11.7 Å².